The van der Waals surface area contributed by atoms with E-state index in [4.69, 9.17) is 14.2 Å². The zero-order valence-corrected chi connectivity index (χ0v) is 30.7. The second kappa shape index (κ2) is 14.6. The summed E-state index contributed by atoms with van der Waals surface area (Å²) >= 11 is 1.30. The second-order valence-corrected chi connectivity index (χ2v) is 16.9. The van der Waals surface area contributed by atoms with Crippen molar-refractivity contribution in [2.75, 3.05) is 50.8 Å². The van der Waals surface area contributed by atoms with Gasteiger partial charge in [0.25, 0.3) is 15.9 Å². The van der Waals surface area contributed by atoms with Crippen molar-refractivity contribution in [2.45, 2.75) is 76.1 Å². The summed E-state index contributed by atoms with van der Waals surface area (Å²) in [6, 6.07) is 3.83. The number of benzene rings is 1. The lowest BCUT2D eigenvalue weighted by molar-refractivity contribution is 0.0293. The van der Waals surface area contributed by atoms with E-state index >= 15 is 0 Å². The molecule has 1 amide bonds. The fourth-order valence-electron chi connectivity index (χ4n) is 7.45. The van der Waals surface area contributed by atoms with Crippen LogP contribution in [-0.2, 0) is 19.5 Å². The van der Waals surface area contributed by atoms with Crippen molar-refractivity contribution in [2.24, 2.45) is 5.41 Å². The normalized spacial score (nSPS) is 22.0. The van der Waals surface area contributed by atoms with E-state index in [2.05, 4.69) is 29.5 Å². The molecule has 6 heterocycles. The number of nitrogens with one attached hydrogen (secondary N) is 1. The van der Waals surface area contributed by atoms with Crippen LogP contribution in [0.2, 0.25) is 0 Å². The van der Waals surface area contributed by atoms with Crippen LogP contribution in [0.1, 0.15) is 61.3 Å². The molecule has 274 valence electrons. The number of rotatable bonds is 11. The van der Waals surface area contributed by atoms with E-state index in [0.29, 0.717) is 41.9 Å². The van der Waals surface area contributed by atoms with Gasteiger partial charge in [0.1, 0.15) is 30.3 Å². The Labute approximate surface area is 301 Å². The number of nitrogens with zero attached hydrogens (tertiary/aromatic N) is 6. The van der Waals surface area contributed by atoms with Gasteiger partial charge in [0.05, 0.1) is 35.1 Å². The molecule has 0 aliphatic carbocycles. The van der Waals surface area contributed by atoms with Crippen LogP contribution in [0.25, 0.3) is 0 Å². The highest BCUT2D eigenvalue weighted by molar-refractivity contribution is 7.89. The molecular weight excluding hydrogens is 698 g/mol. The van der Waals surface area contributed by atoms with Gasteiger partial charge in [0.15, 0.2) is 16.6 Å². The average molecular weight is 742 g/mol. The zero-order valence-electron chi connectivity index (χ0n) is 29.1. The largest absolute Gasteiger partial charge is 0.495 e. The van der Waals surface area contributed by atoms with Gasteiger partial charge in [-0.25, -0.2) is 19.3 Å². The molecule has 0 saturated carbocycles. The maximum Gasteiger partial charge on any atom is 0.280 e. The Balaban J connectivity index is 0.936. The van der Waals surface area contributed by atoms with Crippen LogP contribution in [0.5, 0.6) is 11.5 Å². The van der Waals surface area contributed by atoms with Crippen LogP contribution in [0.3, 0.4) is 0 Å². The molecule has 2 atom stereocenters. The van der Waals surface area contributed by atoms with E-state index in [0.717, 1.165) is 58.4 Å². The minimum atomic E-state index is -3.71. The lowest BCUT2D eigenvalue weighted by atomic mass is 9.72. The van der Waals surface area contributed by atoms with Gasteiger partial charge in [0, 0.05) is 43.1 Å². The number of ether oxygens (including phenoxy) is 3. The van der Waals surface area contributed by atoms with Crippen LogP contribution in [0, 0.1) is 18.2 Å². The van der Waals surface area contributed by atoms with Gasteiger partial charge in [-0.1, -0.05) is 0 Å². The molecule has 4 aliphatic heterocycles. The van der Waals surface area contributed by atoms with E-state index in [9.17, 15) is 17.6 Å². The van der Waals surface area contributed by atoms with E-state index in [1.807, 2.05) is 13.8 Å². The lowest BCUT2D eigenvalue weighted by Gasteiger charge is -2.54. The van der Waals surface area contributed by atoms with Crippen LogP contribution in [0.15, 0.2) is 53.1 Å². The Morgan fingerprint density at radius 2 is 2.02 bits per heavy atom. The van der Waals surface area contributed by atoms with Gasteiger partial charge in [-0.3, -0.25) is 14.4 Å². The predicted octanol–water partition coefficient (Wildman–Crippen LogP) is 4.71. The molecule has 1 spiro atoms. The first kappa shape index (κ1) is 35.5. The first-order valence-electron chi connectivity index (χ1n) is 17.4. The number of allylic oxidation sites excluding steroid dienone is 1. The quantitative estimate of drug-likeness (QED) is 0.292. The Morgan fingerprint density at radius 3 is 2.69 bits per heavy atom. The summed E-state index contributed by atoms with van der Waals surface area (Å²) in [4.78, 5) is 33.0. The number of likely N-dealkylation sites (tertiary alicyclic amines) is 1. The van der Waals surface area contributed by atoms with Crippen molar-refractivity contribution in [1.82, 2.24) is 29.5 Å². The number of aryl methyl sites for hydroxylation is 1. The molecule has 0 radical (unpaired) electrons. The van der Waals surface area contributed by atoms with E-state index < -0.39 is 15.8 Å². The van der Waals surface area contributed by atoms with Gasteiger partial charge in [-0.15, -0.1) is 11.3 Å². The molecule has 4 aliphatic rings. The number of halogens is 1. The summed E-state index contributed by atoms with van der Waals surface area (Å²) in [7, 11) is -3.71. The first-order chi connectivity index (χ1) is 24.5. The van der Waals surface area contributed by atoms with Crippen molar-refractivity contribution in [1.29, 1.82) is 0 Å². The molecule has 16 heteroatoms. The van der Waals surface area contributed by atoms with Crippen LogP contribution in [-0.4, -0.2) is 103 Å². The van der Waals surface area contributed by atoms with Crippen LogP contribution < -0.4 is 14.4 Å². The summed E-state index contributed by atoms with van der Waals surface area (Å²) in [5.41, 5.74) is 0.846. The number of sulfonamides is 1. The van der Waals surface area contributed by atoms with Gasteiger partial charge < -0.3 is 24.0 Å². The highest BCUT2D eigenvalue weighted by Crippen LogP contribution is 2.45. The van der Waals surface area contributed by atoms with Crippen molar-refractivity contribution >= 4 is 33.1 Å². The van der Waals surface area contributed by atoms with E-state index in [1.165, 1.54) is 47.5 Å². The van der Waals surface area contributed by atoms with Crippen molar-refractivity contribution in [3.05, 3.63) is 64.5 Å². The van der Waals surface area contributed by atoms with Gasteiger partial charge in [0.2, 0.25) is 0 Å². The minimum Gasteiger partial charge on any atom is -0.495 e. The maximum absolute atomic E-state index is 14.5. The number of anilines is 1. The van der Waals surface area contributed by atoms with Crippen LogP contribution >= 0.6 is 11.3 Å². The molecule has 0 bridgehead atoms. The summed E-state index contributed by atoms with van der Waals surface area (Å²) in [5.74, 6) is 0.494. The number of piperidine rings is 1. The second-order valence-electron chi connectivity index (χ2n) is 14.2. The molecule has 1 aromatic carbocycles. The number of amides is 1. The SMILES string of the molecule is Cc1nc(S(=O)(=O)NC2=CO[C@H](CN3CCC4(CC3)CN(c3ncncc3Oc3ccc(F)cc3C(=O)N(C(C)C)[C@H]3CCOC3)C4)CC2)cs1. The third-order valence-electron chi connectivity index (χ3n) is 10.1. The standard InChI is InChI=1S/C35H44FN7O6S2/c1-23(2)43(27-8-13-47-18-27)34(44)29-14-25(36)4-7-30(29)49-31-15-37-22-38-33(31)42-20-35(21-42)9-11-41(12-10-35)16-28-6-5-26(17-48-28)40-51(45,46)32-19-50-24(3)39-32/h4,7,14-15,17,19,22-23,27-28,40H,5-6,8-13,16,18,20-21H2,1-3H3/t27-,28-/m0/s1. The lowest BCUT2D eigenvalue weighted by Crippen LogP contribution is -2.61. The minimum absolute atomic E-state index is 0.00483. The van der Waals surface area contributed by atoms with Crippen molar-refractivity contribution < 1.29 is 31.8 Å². The number of aromatic nitrogens is 3. The summed E-state index contributed by atoms with van der Waals surface area (Å²) in [6.45, 7) is 11.0. The predicted molar refractivity (Wildman–Crippen MR) is 189 cm³/mol. The molecule has 0 unspecified atom stereocenters. The topological polar surface area (TPSA) is 139 Å². The molecule has 7 rings (SSSR count). The summed E-state index contributed by atoms with van der Waals surface area (Å²) in [5, 5.41) is 2.27. The molecular formula is C35H44FN7O6S2. The van der Waals surface area contributed by atoms with Crippen LogP contribution in [0.4, 0.5) is 10.2 Å². The molecule has 3 fully saturated rings. The van der Waals surface area contributed by atoms with E-state index in [1.54, 1.807) is 18.0 Å². The number of carbonyl (C=O) groups is 1. The summed E-state index contributed by atoms with van der Waals surface area (Å²) < 4.78 is 60.2. The van der Waals surface area contributed by atoms with Crippen molar-refractivity contribution in [3.63, 3.8) is 0 Å². The molecule has 1 N–H and O–H groups in total. The molecule has 3 aromatic rings. The number of carbonyl (C=O) groups excluding carboxylic acids is 1. The van der Waals surface area contributed by atoms with Crippen molar-refractivity contribution in [3.8, 4) is 11.5 Å². The number of hydrogen-bond donors (Lipinski definition) is 1. The third-order valence-corrected chi connectivity index (χ3v) is 12.4. The fraction of sp³-hybridized carbons (Fsp3) is 0.543. The number of hydrogen-bond acceptors (Lipinski definition) is 12. The Kier molecular flexibility index (Phi) is 10.2. The Bertz CT molecular complexity index is 1870. The molecule has 51 heavy (non-hydrogen) atoms. The van der Waals surface area contributed by atoms with Gasteiger partial charge >= 0.3 is 0 Å². The molecule has 13 nitrogen and oxygen atoms in total. The Hall–Kier alpha value is -3.86. The van der Waals surface area contributed by atoms with Gasteiger partial charge in [-0.2, -0.15) is 8.42 Å². The number of thiazole rings is 1. The maximum atomic E-state index is 14.5. The third kappa shape index (κ3) is 7.83. The van der Waals surface area contributed by atoms with E-state index in [-0.39, 0.29) is 45.8 Å². The fourth-order valence-corrected chi connectivity index (χ4v) is 9.49. The zero-order chi connectivity index (χ0) is 35.8. The first-order valence-corrected chi connectivity index (χ1v) is 19.8. The highest BCUT2D eigenvalue weighted by Gasteiger charge is 2.46. The molecule has 2 aromatic heterocycles. The van der Waals surface area contributed by atoms with Gasteiger partial charge in [-0.05, 0) is 84.2 Å². The Morgan fingerprint density at radius 1 is 1.22 bits per heavy atom. The summed E-state index contributed by atoms with van der Waals surface area (Å²) in [6.07, 6.45) is 8.70. The average Bonchev–Trinajstić information content (AvgIpc) is 3.79. The highest BCUT2D eigenvalue weighted by atomic mass is 32.2. The smallest absolute Gasteiger partial charge is 0.280 e. The monoisotopic (exact) mass is 741 g/mol. The molecule has 3 saturated heterocycles.